The second kappa shape index (κ2) is 7.38. The third-order valence-electron chi connectivity index (χ3n) is 5.29. The fourth-order valence-corrected chi connectivity index (χ4v) is 3.03. The number of anilines is 1. The van der Waals surface area contributed by atoms with Gasteiger partial charge >= 0.3 is 6.03 Å². The van der Waals surface area contributed by atoms with Crippen LogP contribution in [0, 0.1) is 11.3 Å². The van der Waals surface area contributed by atoms with Crippen molar-refractivity contribution in [2.24, 2.45) is 11.3 Å². The van der Waals surface area contributed by atoms with Crippen LogP contribution in [0.3, 0.4) is 0 Å². The minimum atomic E-state index is -0.191. The fourth-order valence-electron chi connectivity index (χ4n) is 3.03. The molecule has 1 saturated carbocycles. The minimum absolute atomic E-state index is 0.0630. The molecular weight excluding hydrogens is 304 g/mol. The van der Waals surface area contributed by atoms with E-state index in [0.717, 1.165) is 43.2 Å². The molecule has 0 radical (unpaired) electrons. The quantitative estimate of drug-likeness (QED) is 0.743. The average Bonchev–Trinajstić information content (AvgIpc) is 3.40. The van der Waals surface area contributed by atoms with Gasteiger partial charge in [-0.25, -0.2) is 9.78 Å². The number of carbonyl (C=O) groups is 1. The first kappa shape index (κ1) is 17.0. The molecule has 0 spiro atoms. The Kier molecular flexibility index (Phi) is 5.23. The van der Waals surface area contributed by atoms with Crippen molar-refractivity contribution in [3.63, 3.8) is 0 Å². The summed E-state index contributed by atoms with van der Waals surface area (Å²) in [6.45, 7) is 5.59. The first-order valence-electron chi connectivity index (χ1n) is 8.93. The molecule has 3 rings (SSSR count). The molecule has 2 heterocycles. The number of carbonyl (C=O) groups excluding carboxylic acids is 1. The maximum atomic E-state index is 11.8. The topological polar surface area (TPSA) is 77.5 Å². The van der Waals surface area contributed by atoms with E-state index in [0.29, 0.717) is 13.1 Å². The third-order valence-corrected chi connectivity index (χ3v) is 5.29. The SMILES string of the molecule is CC1CCN(c2ccc(CNC(=O)NCC3(CO)CC3)cn2)CC1. The summed E-state index contributed by atoms with van der Waals surface area (Å²) in [7, 11) is 0. The van der Waals surface area contributed by atoms with E-state index >= 15 is 0 Å². The van der Waals surface area contributed by atoms with Gasteiger partial charge in [0.2, 0.25) is 0 Å². The number of nitrogens with zero attached hydrogens (tertiary/aromatic N) is 2. The predicted octanol–water partition coefficient (Wildman–Crippen LogP) is 1.89. The second-order valence-electron chi connectivity index (χ2n) is 7.39. The first-order valence-corrected chi connectivity index (χ1v) is 8.93. The fraction of sp³-hybridized carbons (Fsp3) is 0.667. The molecule has 0 bridgehead atoms. The molecule has 3 N–H and O–H groups in total. The molecule has 6 nitrogen and oxygen atoms in total. The predicted molar refractivity (Wildman–Crippen MR) is 93.8 cm³/mol. The van der Waals surface area contributed by atoms with E-state index < -0.39 is 0 Å². The Bertz CT molecular complexity index is 549. The summed E-state index contributed by atoms with van der Waals surface area (Å²) in [6, 6.07) is 3.87. The van der Waals surface area contributed by atoms with Gasteiger partial charge in [0.05, 0.1) is 6.61 Å². The van der Waals surface area contributed by atoms with E-state index in [4.69, 9.17) is 0 Å². The average molecular weight is 332 g/mol. The number of aliphatic hydroxyl groups excluding tert-OH is 1. The molecule has 132 valence electrons. The lowest BCUT2D eigenvalue weighted by molar-refractivity contribution is 0.203. The van der Waals surface area contributed by atoms with Crippen LogP contribution in [0.4, 0.5) is 10.6 Å². The van der Waals surface area contributed by atoms with E-state index in [1.807, 2.05) is 18.3 Å². The normalized spacial score (nSPS) is 19.8. The molecule has 2 amide bonds. The van der Waals surface area contributed by atoms with Crippen molar-refractivity contribution in [2.45, 2.75) is 39.2 Å². The number of rotatable bonds is 6. The van der Waals surface area contributed by atoms with Crippen molar-refractivity contribution in [1.29, 1.82) is 0 Å². The van der Waals surface area contributed by atoms with Crippen molar-refractivity contribution in [3.8, 4) is 0 Å². The molecule has 0 atom stereocenters. The number of hydrogen-bond acceptors (Lipinski definition) is 4. The summed E-state index contributed by atoms with van der Waals surface area (Å²) in [5, 5.41) is 14.9. The van der Waals surface area contributed by atoms with E-state index in [-0.39, 0.29) is 18.1 Å². The Balaban J connectivity index is 1.42. The van der Waals surface area contributed by atoms with Crippen LogP contribution < -0.4 is 15.5 Å². The molecule has 2 aliphatic rings. The first-order chi connectivity index (χ1) is 11.6. The molecule has 6 heteroatoms. The number of aromatic nitrogens is 1. The Morgan fingerprint density at radius 1 is 1.33 bits per heavy atom. The molecule has 1 aliphatic carbocycles. The molecule has 1 aliphatic heterocycles. The van der Waals surface area contributed by atoms with Gasteiger partial charge in [-0.2, -0.15) is 0 Å². The standard InChI is InChI=1S/C18H28N4O2/c1-14-4-8-22(9-5-14)16-3-2-15(10-19-16)11-20-17(24)21-12-18(13-23)6-7-18/h2-3,10,14,23H,4-9,11-13H2,1H3,(H2,20,21,24). The number of piperidine rings is 1. The molecule has 0 unspecified atom stereocenters. The van der Waals surface area contributed by atoms with Gasteiger partial charge in [0, 0.05) is 37.8 Å². The number of aliphatic hydroxyl groups is 1. The molecular formula is C18H28N4O2. The Hall–Kier alpha value is -1.82. The van der Waals surface area contributed by atoms with E-state index in [1.54, 1.807) is 0 Å². The smallest absolute Gasteiger partial charge is 0.315 e. The van der Waals surface area contributed by atoms with Crippen LogP contribution in [0.5, 0.6) is 0 Å². The highest BCUT2D eigenvalue weighted by Crippen LogP contribution is 2.44. The van der Waals surface area contributed by atoms with Gasteiger partial charge in [0.15, 0.2) is 0 Å². The van der Waals surface area contributed by atoms with Gasteiger partial charge < -0.3 is 20.6 Å². The zero-order chi connectivity index (χ0) is 17.0. The van der Waals surface area contributed by atoms with Gasteiger partial charge in [-0.05, 0) is 43.2 Å². The number of hydrogen-bond donors (Lipinski definition) is 3. The van der Waals surface area contributed by atoms with Crippen LogP contribution in [0.25, 0.3) is 0 Å². The van der Waals surface area contributed by atoms with Crippen molar-refractivity contribution in [3.05, 3.63) is 23.9 Å². The zero-order valence-electron chi connectivity index (χ0n) is 14.4. The summed E-state index contributed by atoms with van der Waals surface area (Å²) in [5.74, 6) is 1.83. The molecule has 0 aromatic carbocycles. The molecule has 1 saturated heterocycles. The molecule has 1 aromatic heterocycles. The van der Waals surface area contributed by atoms with E-state index in [9.17, 15) is 9.90 Å². The molecule has 24 heavy (non-hydrogen) atoms. The maximum absolute atomic E-state index is 11.8. The lowest BCUT2D eigenvalue weighted by atomic mass is 9.99. The molecule has 2 fully saturated rings. The van der Waals surface area contributed by atoms with Gasteiger partial charge in [0.1, 0.15) is 5.82 Å². The highest BCUT2D eigenvalue weighted by atomic mass is 16.3. The maximum Gasteiger partial charge on any atom is 0.315 e. The third kappa shape index (κ3) is 4.38. The van der Waals surface area contributed by atoms with Gasteiger partial charge in [-0.1, -0.05) is 13.0 Å². The lowest BCUT2D eigenvalue weighted by Crippen LogP contribution is -2.39. The van der Waals surface area contributed by atoms with Crippen LogP contribution in [-0.4, -0.2) is 42.4 Å². The summed E-state index contributed by atoms with van der Waals surface area (Å²) in [5.41, 5.74) is 0.925. The monoisotopic (exact) mass is 332 g/mol. The second-order valence-corrected chi connectivity index (χ2v) is 7.39. The Morgan fingerprint density at radius 3 is 2.67 bits per heavy atom. The summed E-state index contributed by atoms with van der Waals surface area (Å²) >= 11 is 0. The van der Waals surface area contributed by atoms with Crippen LogP contribution in [0.1, 0.15) is 38.2 Å². The van der Waals surface area contributed by atoms with Crippen molar-refractivity contribution >= 4 is 11.8 Å². The zero-order valence-corrected chi connectivity index (χ0v) is 14.4. The molecule has 1 aromatic rings. The van der Waals surface area contributed by atoms with E-state index in [2.05, 4.69) is 27.4 Å². The lowest BCUT2D eigenvalue weighted by Gasteiger charge is -2.31. The number of nitrogens with one attached hydrogen (secondary N) is 2. The number of amides is 2. The number of pyridine rings is 1. The van der Waals surface area contributed by atoms with Gasteiger partial charge in [-0.15, -0.1) is 0 Å². The Morgan fingerprint density at radius 2 is 2.08 bits per heavy atom. The highest BCUT2D eigenvalue weighted by molar-refractivity contribution is 5.73. The van der Waals surface area contributed by atoms with Gasteiger partial charge in [0.25, 0.3) is 0 Å². The van der Waals surface area contributed by atoms with Crippen LogP contribution in [-0.2, 0) is 6.54 Å². The van der Waals surface area contributed by atoms with Crippen molar-refractivity contribution in [1.82, 2.24) is 15.6 Å². The number of urea groups is 1. The van der Waals surface area contributed by atoms with Gasteiger partial charge in [-0.3, -0.25) is 0 Å². The summed E-state index contributed by atoms with van der Waals surface area (Å²) in [4.78, 5) is 18.7. The largest absolute Gasteiger partial charge is 0.396 e. The Labute approximate surface area is 143 Å². The minimum Gasteiger partial charge on any atom is -0.396 e. The van der Waals surface area contributed by atoms with Crippen LogP contribution in [0.15, 0.2) is 18.3 Å². The highest BCUT2D eigenvalue weighted by Gasteiger charge is 2.42. The van der Waals surface area contributed by atoms with E-state index in [1.165, 1.54) is 12.8 Å². The summed E-state index contributed by atoms with van der Waals surface area (Å²) < 4.78 is 0. The van der Waals surface area contributed by atoms with Crippen molar-refractivity contribution in [2.75, 3.05) is 31.1 Å². The van der Waals surface area contributed by atoms with Crippen molar-refractivity contribution < 1.29 is 9.90 Å². The van der Waals surface area contributed by atoms with Crippen LogP contribution in [0.2, 0.25) is 0 Å². The summed E-state index contributed by atoms with van der Waals surface area (Å²) in [6.07, 6.45) is 6.26. The van der Waals surface area contributed by atoms with Crippen LogP contribution >= 0.6 is 0 Å².